The van der Waals surface area contributed by atoms with Gasteiger partial charge in [0.15, 0.2) is 28.8 Å². The smallest absolute Gasteiger partial charge is 0.178 e. The Morgan fingerprint density at radius 1 is 0.290 bits per heavy atom. The number of rotatable bonds is 8. The first-order chi connectivity index (χ1) is 34.2. The van der Waals surface area contributed by atoms with E-state index in [1.165, 1.54) is 33.4 Å². The average molecular weight is 883 g/mol. The van der Waals surface area contributed by atoms with E-state index in [4.69, 9.17) is 19.4 Å². The lowest BCUT2D eigenvalue weighted by atomic mass is 9.68. The van der Waals surface area contributed by atoms with E-state index in [1.54, 1.807) is 0 Å². The minimum Gasteiger partial charge on any atom is -0.449 e. The maximum Gasteiger partial charge on any atom is 0.178 e. The molecule has 0 spiro atoms. The van der Waals surface area contributed by atoms with Gasteiger partial charge in [0.1, 0.15) is 0 Å². The van der Waals surface area contributed by atoms with Gasteiger partial charge in [0.25, 0.3) is 0 Å². The van der Waals surface area contributed by atoms with Crippen molar-refractivity contribution in [3.8, 4) is 101 Å². The quantitative estimate of drug-likeness (QED) is 0.152. The number of hydrogen-bond donors (Lipinski definition) is 0. The summed E-state index contributed by atoms with van der Waals surface area (Å²) in [5.41, 5.74) is 17.8. The van der Waals surface area contributed by atoms with Crippen LogP contribution < -0.4 is 9.47 Å². The Bertz CT molecular complexity index is 3530. The van der Waals surface area contributed by atoms with Crippen molar-refractivity contribution in [3.63, 3.8) is 0 Å². The summed E-state index contributed by atoms with van der Waals surface area (Å²) in [6, 6.07) is 89.5. The van der Waals surface area contributed by atoms with Gasteiger partial charge in [-0.15, -0.1) is 0 Å². The predicted octanol–water partition coefficient (Wildman–Crippen LogP) is 16.7. The van der Waals surface area contributed by atoms with Gasteiger partial charge in [-0.1, -0.05) is 231 Å². The highest BCUT2D eigenvalue weighted by Crippen LogP contribution is 2.62. The first-order valence-corrected chi connectivity index (χ1v) is 23.4. The molecule has 1 aliphatic heterocycles. The summed E-state index contributed by atoms with van der Waals surface area (Å²) in [6.45, 7) is 0. The zero-order valence-electron chi connectivity index (χ0n) is 37.5. The van der Waals surface area contributed by atoms with E-state index in [-0.39, 0.29) is 0 Å². The first kappa shape index (κ1) is 40.2. The molecule has 1 aromatic heterocycles. The molecule has 0 unspecified atom stereocenters. The normalized spacial score (nSPS) is 12.7. The number of ether oxygens (including phenoxy) is 2. The van der Waals surface area contributed by atoms with Crippen LogP contribution >= 0.6 is 0 Å². The van der Waals surface area contributed by atoms with Crippen LogP contribution in [0.3, 0.4) is 0 Å². The van der Waals surface area contributed by atoms with Crippen molar-refractivity contribution in [1.29, 1.82) is 0 Å². The first-order valence-electron chi connectivity index (χ1n) is 23.4. The Morgan fingerprint density at radius 3 is 1.29 bits per heavy atom. The molecule has 1 aliphatic carbocycles. The number of aromatic nitrogens is 2. The second-order valence-electron chi connectivity index (χ2n) is 17.6. The van der Waals surface area contributed by atoms with Gasteiger partial charge in [-0.3, -0.25) is 0 Å². The molecule has 0 bridgehead atoms. The molecule has 0 radical (unpaired) electrons. The molecule has 0 saturated heterocycles. The number of fused-ring (bicyclic) bond motifs is 6. The molecule has 11 aromatic rings. The maximum atomic E-state index is 7.03. The summed E-state index contributed by atoms with van der Waals surface area (Å²) < 4.78 is 13.7. The lowest BCUT2D eigenvalue weighted by Crippen LogP contribution is -2.28. The number of nitrogens with zero attached hydrogens (tertiary/aromatic N) is 2. The van der Waals surface area contributed by atoms with Crippen LogP contribution in [0, 0.1) is 0 Å². The minimum atomic E-state index is -0.540. The SMILES string of the molecule is c1ccc(-c2ccc(-c3cc(-c4ccc(-c5ccc6c(c5)Oc5c(ccc7c5-c5ccccc5C7(c5ccccc5)c5ccccc5)O6)cc4)nc(-c4ccc(-c5ccccc5)cc4)n3)cc2)cc1. The highest BCUT2D eigenvalue weighted by molar-refractivity contribution is 5.92. The molecular formula is C65H42N2O2. The summed E-state index contributed by atoms with van der Waals surface area (Å²) in [4.78, 5) is 10.4. The van der Waals surface area contributed by atoms with Crippen molar-refractivity contribution >= 4 is 0 Å². The molecule has 13 rings (SSSR count). The van der Waals surface area contributed by atoms with Crippen LogP contribution in [0.25, 0.3) is 78.4 Å². The summed E-state index contributed by atoms with van der Waals surface area (Å²) in [6.07, 6.45) is 0. The van der Waals surface area contributed by atoms with E-state index in [1.807, 2.05) is 18.2 Å². The standard InChI is InChI=1S/C65H42N2O2/c1-5-15-43(16-6-1)45-25-31-48(32-26-45)57-42-58(67-64(66-57)50-35-29-46(30-36-50)44-17-7-2-8-18-44)49-33-27-47(28-34-49)51-37-39-59-61(41-51)69-63-60(68-59)40-38-56-62(63)54-23-13-14-24-55(54)65(56,52-19-9-3-10-20-52)53-21-11-4-12-22-53/h1-42H. The third-order valence-electron chi connectivity index (χ3n) is 13.7. The molecule has 0 N–H and O–H groups in total. The highest BCUT2D eigenvalue weighted by Gasteiger charge is 2.48. The molecule has 324 valence electrons. The van der Waals surface area contributed by atoms with Gasteiger partial charge in [-0.2, -0.15) is 0 Å². The lowest BCUT2D eigenvalue weighted by molar-refractivity contribution is 0.360. The van der Waals surface area contributed by atoms with Gasteiger partial charge < -0.3 is 9.47 Å². The topological polar surface area (TPSA) is 44.2 Å². The van der Waals surface area contributed by atoms with E-state index in [9.17, 15) is 0 Å². The molecule has 2 aliphatic rings. The molecule has 69 heavy (non-hydrogen) atoms. The summed E-state index contributed by atoms with van der Waals surface area (Å²) in [5, 5.41) is 0. The Kier molecular flexibility index (Phi) is 9.69. The van der Waals surface area contributed by atoms with Crippen molar-refractivity contribution in [2.45, 2.75) is 5.41 Å². The monoisotopic (exact) mass is 882 g/mol. The van der Waals surface area contributed by atoms with Crippen LogP contribution in [0.15, 0.2) is 255 Å². The van der Waals surface area contributed by atoms with Gasteiger partial charge in [0.05, 0.1) is 16.8 Å². The van der Waals surface area contributed by atoms with Crippen molar-refractivity contribution in [2.75, 3.05) is 0 Å². The van der Waals surface area contributed by atoms with E-state index >= 15 is 0 Å². The molecule has 0 saturated carbocycles. The zero-order chi connectivity index (χ0) is 45.7. The van der Waals surface area contributed by atoms with Gasteiger partial charge >= 0.3 is 0 Å². The summed E-state index contributed by atoms with van der Waals surface area (Å²) >= 11 is 0. The van der Waals surface area contributed by atoms with Crippen LogP contribution in [-0.4, -0.2) is 9.97 Å². The van der Waals surface area contributed by atoms with Crippen molar-refractivity contribution in [3.05, 3.63) is 277 Å². The second-order valence-corrected chi connectivity index (χ2v) is 17.6. The minimum absolute atomic E-state index is 0.540. The molecule has 10 aromatic carbocycles. The third kappa shape index (κ3) is 6.92. The van der Waals surface area contributed by atoms with E-state index in [0.717, 1.165) is 67.2 Å². The Hall–Kier alpha value is -9.12. The van der Waals surface area contributed by atoms with Crippen LogP contribution in [0.2, 0.25) is 0 Å². The lowest BCUT2D eigenvalue weighted by Gasteiger charge is -2.34. The molecular weight excluding hydrogens is 841 g/mol. The molecule has 4 nitrogen and oxygen atoms in total. The van der Waals surface area contributed by atoms with Crippen molar-refractivity contribution in [1.82, 2.24) is 9.97 Å². The van der Waals surface area contributed by atoms with Crippen molar-refractivity contribution < 1.29 is 9.47 Å². The highest BCUT2D eigenvalue weighted by atomic mass is 16.6. The molecule has 0 amide bonds. The zero-order valence-corrected chi connectivity index (χ0v) is 37.5. The third-order valence-corrected chi connectivity index (χ3v) is 13.7. The Morgan fingerprint density at radius 2 is 0.725 bits per heavy atom. The van der Waals surface area contributed by atoms with Gasteiger partial charge in [-0.05, 0) is 85.5 Å². The molecule has 0 atom stereocenters. The number of benzene rings is 10. The predicted molar refractivity (Wildman–Crippen MR) is 279 cm³/mol. The van der Waals surface area contributed by atoms with Crippen LogP contribution in [0.4, 0.5) is 0 Å². The maximum absolute atomic E-state index is 7.03. The summed E-state index contributed by atoms with van der Waals surface area (Å²) in [7, 11) is 0. The largest absolute Gasteiger partial charge is 0.449 e. The Labute approximate surface area is 401 Å². The van der Waals surface area contributed by atoms with Crippen molar-refractivity contribution in [2.24, 2.45) is 0 Å². The van der Waals surface area contributed by atoms with Crippen LogP contribution in [0.1, 0.15) is 22.3 Å². The van der Waals surface area contributed by atoms with Gasteiger partial charge in [0.2, 0.25) is 0 Å². The average Bonchev–Trinajstić information content (AvgIpc) is 3.75. The fraction of sp³-hybridized carbons (Fsp3) is 0.0154. The fourth-order valence-corrected chi connectivity index (χ4v) is 10.4. The van der Waals surface area contributed by atoms with E-state index in [0.29, 0.717) is 23.1 Å². The Balaban J connectivity index is 0.853. The molecule has 2 heterocycles. The van der Waals surface area contributed by atoms with Crippen LogP contribution in [0.5, 0.6) is 23.0 Å². The number of hydrogen-bond acceptors (Lipinski definition) is 4. The van der Waals surface area contributed by atoms with E-state index in [2.05, 4.69) is 237 Å². The molecule has 0 fully saturated rings. The molecule has 4 heteroatoms. The van der Waals surface area contributed by atoms with Crippen LogP contribution in [-0.2, 0) is 5.41 Å². The van der Waals surface area contributed by atoms with E-state index < -0.39 is 5.41 Å². The van der Waals surface area contributed by atoms with Gasteiger partial charge in [-0.25, -0.2) is 9.97 Å². The second kappa shape index (κ2) is 16.6. The van der Waals surface area contributed by atoms with Gasteiger partial charge in [0, 0.05) is 22.3 Å². The fourth-order valence-electron chi connectivity index (χ4n) is 10.4. The summed E-state index contributed by atoms with van der Waals surface area (Å²) in [5.74, 6) is 3.46.